The lowest BCUT2D eigenvalue weighted by molar-refractivity contribution is 0.0283. The first-order valence-corrected chi connectivity index (χ1v) is 8.65. The molecule has 1 amide bonds. The van der Waals surface area contributed by atoms with Gasteiger partial charge in [-0.1, -0.05) is 36.4 Å². The number of nitrogens with one attached hydrogen (secondary N) is 1. The third-order valence-electron chi connectivity index (χ3n) is 3.61. The van der Waals surface area contributed by atoms with Crippen LogP contribution in [0.5, 0.6) is 0 Å². The molecule has 2 aromatic carbocycles. The molecular weight excluding hydrogens is 328 g/mol. The van der Waals surface area contributed by atoms with Crippen LogP contribution >= 0.6 is 0 Å². The van der Waals surface area contributed by atoms with E-state index in [1.165, 1.54) is 5.01 Å². The van der Waals surface area contributed by atoms with Crippen LogP contribution in [0.3, 0.4) is 0 Å². The van der Waals surface area contributed by atoms with Crippen LogP contribution in [0.15, 0.2) is 48.5 Å². The highest BCUT2D eigenvalue weighted by molar-refractivity contribution is 5.70. The quantitative estimate of drug-likeness (QED) is 0.690. The molecule has 0 radical (unpaired) electrons. The second-order valence-corrected chi connectivity index (χ2v) is 7.11. The Bertz CT molecular complexity index is 691. The van der Waals surface area contributed by atoms with E-state index in [4.69, 9.17) is 16.2 Å². The zero-order valence-corrected chi connectivity index (χ0v) is 15.7. The molecule has 0 fully saturated rings. The summed E-state index contributed by atoms with van der Waals surface area (Å²) in [5.74, 6) is 0. The molecule has 0 saturated heterocycles. The first kappa shape index (κ1) is 19.8. The molecule has 0 aromatic heterocycles. The maximum Gasteiger partial charge on any atom is 0.429 e. The van der Waals surface area contributed by atoms with Crippen LogP contribution in [-0.4, -0.2) is 16.7 Å². The molecule has 0 spiro atoms. The largest absolute Gasteiger partial charge is 0.442 e. The van der Waals surface area contributed by atoms with Crippen molar-refractivity contribution in [1.82, 2.24) is 5.01 Å². The molecule has 0 aliphatic rings. The third-order valence-corrected chi connectivity index (χ3v) is 3.61. The smallest absolute Gasteiger partial charge is 0.429 e. The molecule has 140 valence electrons. The fraction of sp³-hybridized carbons (Fsp3) is 0.350. The van der Waals surface area contributed by atoms with E-state index in [1.54, 1.807) is 0 Å². The Hall–Kier alpha value is -2.57. The monoisotopic (exact) mass is 356 g/mol. The van der Waals surface area contributed by atoms with Gasteiger partial charge >= 0.3 is 6.09 Å². The average Bonchev–Trinajstić information content (AvgIpc) is 2.60. The van der Waals surface area contributed by atoms with Crippen molar-refractivity contribution in [2.75, 3.05) is 5.43 Å². The van der Waals surface area contributed by atoms with Crippen LogP contribution in [0.25, 0.3) is 0 Å². The number of hydrazine groups is 1. The molecule has 2 aromatic rings. The maximum atomic E-state index is 12.7. The number of nitrogens with zero attached hydrogens (tertiary/aromatic N) is 1. The molecule has 0 unspecified atom stereocenters. The van der Waals surface area contributed by atoms with Crippen LogP contribution in [0.1, 0.15) is 37.5 Å². The van der Waals surface area contributed by atoms with E-state index in [2.05, 4.69) is 5.43 Å². The van der Waals surface area contributed by atoms with E-state index >= 15 is 0 Å². The van der Waals surface area contributed by atoms with Crippen molar-refractivity contribution in [2.24, 2.45) is 11.5 Å². The zero-order chi connectivity index (χ0) is 19.2. The molecule has 0 atom stereocenters. The maximum absolute atomic E-state index is 12.7. The van der Waals surface area contributed by atoms with Crippen LogP contribution in [0, 0.1) is 0 Å². The molecule has 5 N–H and O–H groups in total. The average molecular weight is 356 g/mol. The summed E-state index contributed by atoms with van der Waals surface area (Å²) in [6.07, 6.45) is -0.450. The van der Waals surface area contributed by atoms with Gasteiger partial charge in [-0.3, -0.25) is 5.43 Å². The number of rotatable bonds is 6. The summed E-state index contributed by atoms with van der Waals surface area (Å²) in [4.78, 5) is 12.7. The molecule has 0 heterocycles. The lowest BCUT2D eigenvalue weighted by atomic mass is 10.1. The predicted octanol–water partition coefficient (Wildman–Crippen LogP) is 3.37. The van der Waals surface area contributed by atoms with Crippen molar-refractivity contribution in [3.63, 3.8) is 0 Å². The van der Waals surface area contributed by atoms with Gasteiger partial charge in [-0.2, -0.15) is 0 Å². The molecule has 0 aliphatic heterocycles. The zero-order valence-electron chi connectivity index (χ0n) is 15.7. The highest BCUT2D eigenvalue weighted by Crippen LogP contribution is 2.17. The van der Waals surface area contributed by atoms with Gasteiger partial charge in [0.1, 0.15) is 5.60 Å². The van der Waals surface area contributed by atoms with Gasteiger partial charge in [-0.05, 0) is 49.6 Å². The standard InChI is InChI=1S/C20H28N4O2/c1-20(2,3)26-19(25)24(14-17-8-4-6-15(10-17)12-21)23-18-9-5-7-16(11-18)13-22/h4-11,23H,12-14,21-22H2,1-3H3. The van der Waals surface area contributed by atoms with E-state index in [0.29, 0.717) is 19.6 Å². The van der Waals surface area contributed by atoms with Gasteiger partial charge < -0.3 is 16.2 Å². The topological polar surface area (TPSA) is 93.6 Å². The van der Waals surface area contributed by atoms with Gasteiger partial charge in [0, 0.05) is 13.1 Å². The number of carbonyl (C=O) groups is 1. The van der Waals surface area contributed by atoms with Crippen molar-refractivity contribution in [3.8, 4) is 0 Å². The normalized spacial score (nSPS) is 11.1. The highest BCUT2D eigenvalue weighted by Gasteiger charge is 2.22. The number of hydrogen-bond donors (Lipinski definition) is 3. The number of ether oxygens (including phenoxy) is 1. The minimum Gasteiger partial charge on any atom is -0.442 e. The van der Waals surface area contributed by atoms with Gasteiger partial charge in [-0.15, -0.1) is 0 Å². The van der Waals surface area contributed by atoms with Crippen molar-refractivity contribution in [3.05, 3.63) is 65.2 Å². The van der Waals surface area contributed by atoms with E-state index in [1.807, 2.05) is 69.3 Å². The molecule has 0 bridgehead atoms. The third kappa shape index (κ3) is 6.06. The molecule has 6 nitrogen and oxygen atoms in total. The second-order valence-electron chi connectivity index (χ2n) is 7.11. The first-order valence-electron chi connectivity index (χ1n) is 8.65. The minimum atomic E-state index is -0.588. The first-order chi connectivity index (χ1) is 12.3. The highest BCUT2D eigenvalue weighted by atomic mass is 16.6. The fourth-order valence-corrected chi connectivity index (χ4v) is 2.43. The lowest BCUT2D eigenvalue weighted by Gasteiger charge is -2.28. The van der Waals surface area contributed by atoms with E-state index < -0.39 is 11.7 Å². The summed E-state index contributed by atoms with van der Waals surface area (Å²) in [6, 6.07) is 15.4. The van der Waals surface area contributed by atoms with Gasteiger partial charge in [-0.25, -0.2) is 9.80 Å². The Morgan fingerprint density at radius 3 is 2.19 bits per heavy atom. The van der Waals surface area contributed by atoms with Crippen molar-refractivity contribution in [1.29, 1.82) is 0 Å². The predicted molar refractivity (Wildman–Crippen MR) is 104 cm³/mol. The Labute approximate surface area is 155 Å². The number of anilines is 1. The summed E-state index contributed by atoms with van der Waals surface area (Å²) in [5, 5.41) is 1.45. The minimum absolute atomic E-state index is 0.343. The van der Waals surface area contributed by atoms with Crippen LogP contribution in [0.4, 0.5) is 10.5 Å². The van der Waals surface area contributed by atoms with Gasteiger partial charge in [0.05, 0.1) is 12.2 Å². The van der Waals surface area contributed by atoms with Crippen LogP contribution in [-0.2, 0) is 24.4 Å². The van der Waals surface area contributed by atoms with Crippen LogP contribution < -0.4 is 16.9 Å². The summed E-state index contributed by atoms with van der Waals surface area (Å²) in [7, 11) is 0. The summed E-state index contributed by atoms with van der Waals surface area (Å²) < 4.78 is 5.53. The summed E-state index contributed by atoms with van der Waals surface area (Å²) in [5.41, 5.74) is 17.7. The number of hydrogen-bond acceptors (Lipinski definition) is 5. The number of benzene rings is 2. The molecule has 6 heteroatoms. The summed E-state index contributed by atoms with van der Waals surface area (Å²) in [6.45, 7) is 6.75. The molecule has 0 aliphatic carbocycles. The Morgan fingerprint density at radius 2 is 1.58 bits per heavy atom. The fourth-order valence-electron chi connectivity index (χ4n) is 2.43. The SMILES string of the molecule is CC(C)(C)OC(=O)N(Cc1cccc(CN)c1)Nc1cccc(CN)c1. The number of nitrogens with two attached hydrogens (primary N) is 2. The van der Waals surface area contributed by atoms with Gasteiger partial charge in [0.2, 0.25) is 0 Å². The Balaban J connectivity index is 2.23. The van der Waals surface area contributed by atoms with Crippen molar-refractivity contribution < 1.29 is 9.53 Å². The second kappa shape index (κ2) is 8.69. The van der Waals surface area contributed by atoms with Gasteiger partial charge in [0.15, 0.2) is 0 Å². The molecule has 2 rings (SSSR count). The van der Waals surface area contributed by atoms with E-state index in [9.17, 15) is 4.79 Å². The van der Waals surface area contributed by atoms with Crippen molar-refractivity contribution in [2.45, 2.75) is 46.0 Å². The Kier molecular flexibility index (Phi) is 6.60. The van der Waals surface area contributed by atoms with Crippen LogP contribution in [0.2, 0.25) is 0 Å². The number of carbonyl (C=O) groups excluding carboxylic acids is 1. The van der Waals surface area contributed by atoms with E-state index in [0.717, 1.165) is 22.4 Å². The summed E-state index contributed by atoms with van der Waals surface area (Å²) >= 11 is 0. The molecular formula is C20H28N4O2. The molecule has 0 saturated carbocycles. The Morgan fingerprint density at radius 1 is 1.00 bits per heavy atom. The van der Waals surface area contributed by atoms with E-state index in [-0.39, 0.29) is 0 Å². The van der Waals surface area contributed by atoms with Gasteiger partial charge in [0.25, 0.3) is 0 Å². The lowest BCUT2D eigenvalue weighted by Crippen LogP contribution is -2.40. The number of amides is 1. The molecule has 26 heavy (non-hydrogen) atoms. The van der Waals surface area contributed by atoms with Crippen molar-refractivity contribution >= 4 is 11.8 Å².